The molecule has 0 fully saturated rings. The van der Waals surface area contributed by atoms with Gasteiger partial charge in [-0.25, -0.2) is 4.79 Å². The van der Waals surface area contributed by atoms with Gasteiger partial charge >= 0.3 is 16.1 Å². The van der Waals surface area contributed by atoms with Crippen LogP contribution in [0, 0.1) is 12.8 Å². The van der Waals surface area contributed by atoms with Crippen molar-refractivity contribution in [2.75, 3.05) is 7.11 Å². The molecular formula is C23H28O8S. The molecule has 0 bridgehead atoms. The third-order valence-electron chi connectivity index (χ3n) is 4.97. The van der Waals surface area contributed by atoms with Gasteiger partial charge in [-0.15, -0.1) is 0 Å². The van der Waals surface area contributed by atoms with E-state index in [1.807, 2.05) is 13.8 Å². The minimum absolute atomic E-state index is 0.000624. The van der Waals surface area contributed by atoms with Crippen molar-refractivity contribution in [3.05, 3.63) is 41.0 Å². The van der Waals surface area contributed by atoms with Gasteiger partial charge in [0.15, 0.2) is 11.5 Å². The van der Waals surface area contributed by atoms with Crippen LogP contribution in [0.1, 0.15) is 61.7 Å². The van der Waals surface area contributed by atoms with Crippen LogP contribution >= 0.6 is 0 Å². The van der Waals surface area contributed by atoms with Crippen LogP contribution in [0.2, 0.25) is 0 Å². The quantitative estimate of drug-likeness (QED) is 0.362. The molecule has 8 nitrogen and oxygen atoms in total. The number of aryl methyl sites for hydroxylation is 1. The average molecular weight is 465 g/mol. The van der Waals surface area contributed by atoms with E-state index in [2.05, 4.69) is 0 Å². The van der Waals surface area contributed by atoms with Gasteiger partial charge in [-0.3, -0.25) is 0 Å². The first-order chi connectivity index (χ1) is 14.9. The van der Waals surface area contributed by atoms with E-state index in [1.165, 1.54) is 33.1 Å². The minimum atomic E-state index is -3.92. The standard InChI is InChI=1S/C23H28O8S/c1-12(2)9-16(24)15-7-8-17-20(21(15)28-6)23(25)30-18-10-14(5)11-19(22(18)29-17)31-32(26,27)13(3)4/h7-8,10-13,16,24H,9H2,1-6H3/t16-/m0/s1. The van der Waals surface area contributed by atoms with Crippen LogP contribution in [0.5, 0.6) is 28.7 Å². The lowest BCUT2D eigenvalue weighted by atomic mass is 9.96. The molecule has 0 spiro atoms. The predicted octanol–water partition coefficient (Wildman–Crippen LogP) is 4.53. The smallest absolute Gasteiger partial charge is 0.351 e. The Morgan fingerprint density at radius 1 is 1.06 bits per heavy atom. The highest BCUT2D eigenvalue weighted by atomic mass is 32.2. The SMILES string of the molecule is COc1c([C@@H](O)CC(C)C)ccc2c1C(=O)Oc1cc(C)cc(OS(=O)(=O)C(C)C)c1O2. The second kappa shape index (κ2) is 8.99. The second-order valence-electron chi connectivity index (χ2n) is 8.41. The van der Waals surface area contributed by atoms with Gasteiger partial charge in [0.2, 0.25) is 5.75 Å². The summed E-state index contributed by atoms with van der Waals surface area (Å²) in [5.74, 6) is -0.401. The molecule has 0 saturated carbocycles. The molecule has 0 unspecified atom stereocenters. The highest BCUT2D eigenvalue weighted by Crippen LogP contribution is 2.48. The van der Waals surface area contributed by atoms with Gasteiger partial charge < -0.3 is 23.5 Å². The summed E-state index contributed by atoms with van der Waals surface area (Å²) in [5.41, 5.74) is 1.04. The summed E-state index contributed by atoms with van der Waals surface area (Å²) < 4.78 is 47.0. The maximum atomic E-state index is 13.0. The fraction of sp³-hybridized carbons (Fsp3) is 0.435. The molecule has 0 aliphatic carbocycles. The zero-order valence-electron chi connectivity index (χ0n) is 19.0. The van der Waals surface area contributed by atoms with E-state index in [-0.39, 0.29) is 40.2 Å². The van der Waals surface area contributed by atoms with E-state index in [9.17, 15) is 18.3 Å². The van der Waals surface area contributed by atoms with Gasteiger partial charge in [-0.05, 0) is 62.9 Å². The molecule has 1 N–H and O–H groups in total. The van der Waals surface area contributed by atoms with Crippen molar-refractivity contribution < 1.29 is 36.7 Å². The van der Waals surface area contributed by atoms with Crippen LogP contribution in [0.25, 0.3) is 0 Å². The number of rotatable bonds is 7. The molecule has 9 heteroatoms. The molecule has 0 saturated heterocycles. The molecular weight excluding hydrogens is 436 g/mol. The minimum Gasteiger partial charge on any atom is -0.495 e. The van der Waals surface area contributed by atoms with Crippen molar-refractivity contribution >= 4 is 16.1 Å². The number of carbonyl (C=O) groups excluding carboxylic acids is 1. The topological polar surface area (TPSA) is 108 Å². The maximum absolute atomic E-state index is 13.0. The monoisotopic (exact) mass is 464 g/mol. The van der Waals surface area contributed by atoms with Crippen molar-refractivity contribution in [3.8, 4) is 28.7 Å². The number of hydrogen-bond acceptors (Lipinski definition) is 8. The van der Waals surface area contributed by atoms with E-state index >= 15 is 0 Å². The lowest BCUT2D eigenvalue weighted by Crippen LogP contribution is -2.20. The Morgan fingerprint density at radius 3 is 2.34 bits per heavy atom. The summed E-state index contributed by atoms with van der Waals surface area (Å²) in [6, 6.07) is 6.18. The Hall–Kier alpha value is -2.78. The van der Waals surface area contributed by atoms with Gasteiger partial charge in [0.25, 0.3) is 0 Å². The highest BCUT2D eigenvalue weighted by Gasteiger charge is 2.33. The largest absolute Gasteiger partial charge is 0.495 e. The van der Waals surface area contributed by atoms with Crippen LogP contribution in [0.15, 0.2) is 24.3 Å². The van der Waals surface area contributed by atoms with Gasteiger partial charge in [0.1, 0.15) is 17.1 Å². The van der Waals surface area contributed by atoms with Crippen molar-refractivity contribution in [3.63, 3.8) is 0 Å². The molecule has 1 aliphatic rings. The zero-order chi connectivity index (χ0) is 23.8. The Morgan fingerprint density at radius 2 is 1.75 bits per heavy atom. The number of ether oxygens (including phenoxy) is 3. The maximum Gasteiger partial charge on any atom is 0.351 e. The molecule has 1 aliphatic heterocycles. The number of hydrogen-bond donors (Lipinski definition) is 1. The first-order valence-corrected chi connectivity index (χ1v) is 11.8. The van der Waals surface area contributed by atoms with Crippen LogP contribution in [-0.2, 0) is 10.1 Å². The summed E-state index contributed by atoms with van der Waals surface area (Å²) in [6.45, 7) is 8.65. The average Bonchev–Trinajstić information content (AvgIpc) is 2.82. The molecule has 174 valence electrons. The van der Waals surface area contributed by atoms with Crippen molar-refractivity contribution in [1.29, 1.82) is 0 Å². The van der Waals surface area contributed by atoms with Crippen molar-refractivity contribution in [1.82, 2.24) is 0 Å². The number of carbonyl (C=O) groups is 1. The lowest BCUT2D eigenvalue weighted by Gasteiger charge is -2.19. The molecule has 2 aromatic carbocycles. The van der Waals surface area contributed by atoms with E-state index in [0.717, 1.165) is 0 Å². The fourth-order valence-electron chi connectivity index (χ4n) is 3.34. The Balaban J connectivity index is 2.14. The number of aliphatic hydroxyl groups is 1. The summed E-state index contributed by atoms with van der Waals surface area (Å²) in [7, 11) is -2.54. The molecule has 1 atom stereocenters. The predicted molar refractivity (Wildman–Crippen MR) is 118 cm³/mol. The highest BCUT2D eigenvalue weighted by molar-refractivity contribution is 7.87. The summed E-state index contributed by atoms with van der Waals surface area (Å²) in [6.07, 6.45) is -0.388. The van der Waals surface area contributed by atoms with E-state index in [4.69, 9.17) is 18.4 Å². The number of methoxy groups -OCH3 is 1. The Kier molecular flexibility index (Phi) is 6.71. The Labute approximate surface area is 188 Å². The summed E-state index contributed by atoms with van der Waals surface area (Å²) >= 11 is 0. The fourth-order valence-corrected chi connectivity index (χ4v) is 3.91. The molecule has 0 aromatic heterocycles. The van der Waals surface area contributed by atoms with Crippen molar-refractivity contribution in [2.45, 2.75) is 52.4 Å². The van der Waals surface area contributed by atoms with Gasteiger partial charge in [0, 0.05) is 5.56 Å². The van der Waals surface area contributed by atoms with Crippen molar-refractivity contribution in [2.24, 2.45) is 5.92 Å². The van der Waals surface area contributed by atoms with Crippen LogP contribution in [-0.4, -0.2) is 31.9 Å². The molecule has 3 rings (SSSR count). The van der Waals surface area contributed by atoms with E-state index < -0.39 is 27.4 Å². The van der Waals surface area contributed by atoms with Gasteiger partial charge in [-0.1, -0.05) is 13.8 Å². The zero-order valence-corrected chi connectivity index (χ0v) is 19.8. The first-order valence-electron chi connectivity index (χ1n) is 10.3. The number of benzene rings is 2. The van der Waals surface area contributed by atoms with Crippen LogP contribution < -0.4 is 18.4 Å². The van der Waals surface area contributed by atoms with E-state index in [1.54, 1.807) is 19.1 Å². The Bertz CT molecular complexity index is 1140. The normalized spacial score (nSPS) is 14.2. The number of fused-ring (bicyclic) bond motifs is 2. The van der Waals surface area contributed by atoms with Crippen LogP contribution in [0.3, 0.4) is 0 Å². The number of aliphatic hydroxyl groups excluding tert-OH is 1. The number of esters is 1. The third kappa shape index (κ3) is 4.68. The van der Waals surface area contributed by atoms with Gasteiger partial charge in [-0.2, -0.15) is 8.42 Å². The summed E-state index contributed by atoms with van der Waals surface area (Å²) in [5, 5.41) is 9.85. The third-order valence-corrected chi connectivity index (χ3v) is 6.54. The molecule has 0 amide bonds. The van der Waals surface area contributed by atoms with E-state index in [0.29, 0.717) is 17.5 Å². The van der Waals surface area contributed by atoms with Gasteiger partial charge in [0.05, 0.1) is 18.5 Å². The first kappa shape index (κ1) is 23.9. The summed E-state index contributed by atoms with van der Waals surface area (Å²) in [4.78, 5) is 13.0. The second-order valence-corrected chi connectivity index (χ2v) is 10.5. The molecule has 1 heterocycles. The molecule has 2 aromatic rings. The lowest BCUT2D eigenvalue weighted by molar-refractivity contribution is 0.0733. The molecule has 0 radical (unpaired) electrons. The molecule has 32 heavy (non-hydrogen) atoms. The van der Waals surface area contributed by atoms with Crippen LogP contribution in [0.4, 0.5) is 0 Å².